The molecule has 2 fully saturated rings. The number of likely N-dealkylation sites (tertiary alicyclic amines) is 2. The number of halogens is 2. The molecule has 2 aromatic carbocycles. The lowest BCUT2D eigenvalue weighted by atomic mass is 10.0. The van der Waals surface area contributed by atoms with E-state index in [1.165, 1.54) is 48.5 Å². The molecule has 2 aromatic rings. The van der Waals surface area contributed by atoms with Crippen LogP contribution in [0.2, 0.25) is 0 Å². The van der Waals surface area contributed by atoms with Crippen molar-refractivity contribution in [3.8, 4) is 11.5 Å². The molecule has 6 N–H and O–H groups in total. The maximum Gasteiger partial charge on any atom is 0.488 e. The van der Waals surface area contributed by atoms with Crippen molar-refractivity contribution in [1.82, 2.24) is 15.1 Å². The van der Waals surface area contributed by atoms with Gasteiger partial charge in [-0.1, -0.05) is 35.5 Å². The topological polar surface area (TPSA) is 221 Å². The molecule has 15 nitrogen and oxygen atoms in total. The molecule has 2 aliphatic heterocycles. The summed E-state index contributed by atoms with van der Waals surface area (Å²) in [5.41, 5.74) is 11.9. The van der Waals surface area contributed by atoms with E-state index in [1.807, 2.05) is 30.6 Å². The quantitative estimate of drug-likeness (QED) is 0.197. The monoisotopic (exact) mass is 776 g/mol. The van der Waals surface area contributed by atoms with Gasteiger partial charge in [-0.05, 0) is 87.1 Å². The smallest absolute Gasteiger partial charge is 0.399 e. The summed E-state index contributed by atoms with van der Waals surface area (Å²) in [6.07, 6.45) is 5.01. The van der Waals surface area contributed by atoms with Gasteiger partial charge in [0.2, 0.25) is 11.8 Å². The molecule has 52 heavy (non-hydrogen) atoms. The molecule has 2 saturated heterocycles. The van der Waals surface area contributed by atoms with Crippen molar-refractivity contribution in [2.45, 2.75) is 78.3 Å². The lowest BCUT2D eigenvalue weighted by Gasteiger charge is -2.33. The van der Waals surface area contributed by atoms with Crippen LogP contribution in [0, 0.1) is 11.8 Å². The lowest BCUT2D eigenvalue weighted by Crippen LogP contribution is -2.48. The minimum Gasteiger partial charge on any atom is -0.399 e. The third-order valence-electron chi connectivity index (χ3n) is 8.44. The zero-order valence-electron chi connectivity index (χ0n) is 29.8. The first-order valence-corrected chi connectivity index (χ1v) is 19.6. The predicted octanol–water partition coefficient (Wildman–Crippen LogP) is 4.28. The SMILES string of the molecule is CC[C@H](C)C(=O)N1CCC(N)CC1.CC[C@H](C)C(=O)N1CCC(NC(=O)Nc2ccc(OS(=O)(=O)F)cc2)CC1.Nc1ccc(OS(=O)(=O)F)cc1. The molecule has 0 aromatic heterocycles. The molecule has 0 saturated carbocycles. The Balaban J connectivity index is 0.000000310. The molecular weight excluding hydrogens is 727 g/mol. The maximum atomic E-state index is 12.4. The van der Waals surface area contributed by atoms with Gasteiger partial charge in [0.05, 0.1) is 0 Å². The van der Waals surface area contributed by atoms with Crippen LogP contribution in [0.4, 0.5) is 23.9 Å². The van der Waals surface area contributed by atoms with Gasteiger partial charge in [0.1, 0.15) is 11.5 Å². The highest BCUT2D eigenvalue weighted by atomic mass is 32.3. The van der Waals surface area contributed by atoms with E-state index in [2.05, 4.69) is 25.9 Å². The van der Waals surface area contributed by atoms with E-state index < -0.39 is 27.0 Å². The van der Waals surface area contributed by atoms with Crippen LogP contribution in [0.3, 0.4) is 0 Å². The molecule has 0 bridgehead atoms. The number of urea groups is 1. The van der Waals surface area contributed by atoms with E-state index in [0.717, 1.165) is 38.8 Å². The molecule has 19 heteroatoms. The fourth-order valence-electron chi connectivity index (χ4n) is 5.04. The number of carbonyl (C=O) groups is 3. The minimum absolute atomic E-state index is 0.0112. The summed E-state index contributed by atoms with van der Waals surface area (Å²) >= 11 is 0. The summed E-state index contributed by atoms with van der Waals surface area (Å²) in [6, 6.07) is 10.4. The number of rotatable bonds is 10. The third-order valence-corrected chi connectivity index (χ3v) is 9.23. The largest absolute Gasteiger partial charge is 0.488 e. The van der Waals surface area contributed by atoms with Crippen molar-refractivity contribution < 1.29 is 47.4 Å². The van der Waals surface area contributed by atoms with Crippen LogP contribution < -0.4 is 30.5 Å². The first-order chi connectivity index (χ1) is 24.3. The van der Waals surface area contributed by atoms with E-state index in [0.29, 0.717) is 49.3 Å². The zero-order chi connectivity index (χ0) is 39.1. The normalized spacial score (nSPS) is 16.5. The minimum atomic E-state index is -5.08. The number of nitrogens with one attached hydrogen (secondary N) is 2. The Labute approximate surface area is 305 Å². The van der Waals surface area contributed by atoms with Gasteiger partial charge in [-0.25, -0.2) is 4.79 Å². The van der Waals surface area contributed by atoms with Gasteiger partial charge in [-0.2, -0.15) is 16.8 Å². The van der Waals surface area contributed by atoms with Crippen LogP contribution in [-0.2, 0) is 30.6 Å². The summed E-state index contributed by atoms with van der Waals surface area (Å²) in [5, 5.41) is 5.46. The Morgan fingerprint density at radius 2 is 1.13 bits per heavy atom. The van der Waals surface area contributed by atoms with Gasteiger partial charge in [-0.15, -0.1) is 0 Å². The van der Waals surface area contributed by atoms with Crippen LogP contribution in [0.5, 0.6) is 11.5 Å². The fraction of sp³-hybridized carbons (Fsp3) is 0.545. The molecule has 0 aliphatic carbocycles. The average Bonchev–Trinajstić information content (AvgIpc) is 3.09. The maximum absolute atomic E-state index is 12.4. The van der Waals surface area contributed by atoms with E-state index in [4.69, 9.17) is 11.5 Å². The molecule has 0 radical (unpaired) electrons. The third kappa shape index (κ3) is 16.9. The summed E-state index contributed by atoms with van der Waals surface area (Å²) in [4.78, 5) is 39.8. The van der Waals surface area contributed by atoms with Crippen LogP contribution in [0.25, 0.3) is 0 Å². The number of carbonyl (C=O) groups excluding carboxylic acids is 3. The van der Waals surface area contributed by atoms with Crippen molar-refractivity contribution in [3.63, 3.8) is 0 Å². The second-order valence-electron chi connectivity index (χ2n) is 12.5. The number of hydrogen-bond donors (Lipinski definition) is 4. The van der Waals surface area contributed by atoms with Gasteiger partial charge in [0.15, 0.2) is 0 Å². The van der Waals surface area contributed by atoms with E-state index >= 15 is 0 Å². The van der Waals surface area contributed by atoms with E-state index in [-0.39, 0.29) is 35.3 Å². The zero-order valence-corrected chi connectivity index (χ0v) is 31.4. The Morgan fingerprint density at radius 1 is 0.750 bits per heavy atom. The van der Waals surface area contributed by atoms with Crippen LogP contribution >= 0.6 is 0 Å². The summed E-state index contributed by atoms with van der Waals surface area (Å²) in [5.74, 6) is 0.340. The standard InChI is InChI=1S/C17H24FN3O5S.C10H20N2O.C6H6FNO3S/c1-3-12(2)16(22)21-10-8-14(9-11-21)20-17(23)19-13-4-6-15(7-5-13)26-27(18,24)25;1-3-8(2)10(13)12-6-4-9(11)5-7-12;7-12(9,10)11-6-3-1-5(8)2-4-6/h4-7,12,14H,3,8-11H2,1-2H3,(H2,19,20,23);8-9H,3-7,11H2,1-2H3;1-4H,8H2/t12-;8-;/m00./s1. The van der Waals surface area contributed by atoms with Gasteiger partial charge in [0, 0.05) is 61.5 Å². The number of nitrogens with two attached hydrogens (primary N) is 2. The summed E-state index contributed by atoms with van der Waals surface area (Å²) in [7, 11) is -10.0. The molecule has 2 heterocycles. The predicted molar refractivity (Wildman–Crippen MR) is 193 cm³/mol. The Bertz CT molecular complexity index is 1650. The highest BCUT2D eigenvalue weighted by Gasteiger charge is 2.26. The van der Waals surface area contributed by atoms with Crippen LogP contribution in [-0.4, -0.2) is 82.7 Å². The van der Waals surface area contributed by atoms with Gasteiger partial charge in [-0.3, -0.25) is 9.59 Å². The van der Waals surface area contributed by atoms with Crippen molar-refractivity contribution in [3.05, 3.63) is 48.5 Å². The van der Waals surface area contributed by atoms with Gasteiger partial charge >= 0.3 is 27.0 Å². The van der Waals surface area contributed by atoms with Crippen molar-refractivity contribution in [2.24, 2.45) is 17.6 Å². The number of nitrogens with zero attached hydrogens (tertiary/aromatic N) is 2. The molecule has 292 valence electrons. The fourth-order valence-corrected chi connectivity index (χ4v) is 5.72. The Hall–Kier alpha value is -4.23. The first kappa shape index (κ1) is 43.9. The van der Waals surface area contributed by atoms with E-state index in [9.17, 15) is 39.0 Å². The van der Waals surface area contributed by atoms with Crippen LogP contribution in [0.15, 0.2) is 48.5 Å². The number of benzene rings is 2. The molecule has 2 atom stereocenters. The van der Waals surface area contributed by atoms with Crippen molar-refractivity contribution in [2.75, 3.05) is 37.2 Å². The van der Waals surface area contributed by atoms with Crippen molar-refractivity contribution in [1.29, 1.82) is 0 Å². The highest BCUT2D eigenvalue weighted by Crippen LogP contribution is 2.19. The van der Waals surface area contributed by atoms with Crippen LogP contribution in [0.1, 0.15) is 66.2 Å². The summed E-state index contributed by atoms with van der Waals surface area (Å²) in [6.45, 7) is 10.9. The van der Waals surface area contributed by atoms with Gasteiger partial charge < -0.3 is 40.3 Å². The van der Waals surface area contributed by atoms with Crippen molar-refractivity contribution >= 4 is 50.2 Å². The molecule has 0 spiro atoms. The molecule has 4 amide bonds. The summed E-state index contributed by atoms with van der Waals surface area (Å²) < 4.78 is 73.1. The second-order valence-corrected chi connectivity index (χ2v) is 14.4. The number of hydrogen-bond acceptors (Lipinski definition) is 11. The molecule has 2 aliphatic rings. The van der Waals surface area contributed by atoms with Gasteiger partial charge in [0.25, 0.3) is 0 Å². The lowest BCUT2D eigenvalue weighted by molar-refractivity contribution is -0.136. The number of nitrogen functional groups attached to an aromatic ring is 1. The number of anilines is 2. The first-order valence-electron chi connectivity index (χ1n) is 16.9. The number of amides is 4. The second kappa shape index (κ2) is 20.7. The molecular formula is C33H50F2N6O9S2. The Kier molecular flexibility index (Phi) is 17.5. The number of piperidine rings is 2. The molecule has 4 rings (SSSR count). The Morgan fingerprint density at radius 3 is 1.52 bits per heavy atom. The average molecular weight is 777 g/mol. The highest BCUT2D eigenvalue weighted by molar-refractivity contribution is 7.82. The van der Waals surface area contributed by atoms with E-state index in [1.54, 1.807) is 0 Å². The molecule has 0 unspecified atom stereocenters.